The van der Waals surface area contributed by atoms with Gasteiger partial charge in [-0.25, -0.2) is 0 Å². The summed E-state index contributed by atoms with van der Waals surface area (Å²) < 4.78 is 5.20. The molecule has 2 heterocycles. The normalized spacial score (nSPS) is 16.2. The number of hydrogen-bond donors (Lipinski definition) is 0. The summed E-state index contributed by atoms with van der Waals surface area (Å²) >= 11 is 1.96. The van der Waals surface area contributed by atoms with Gasteiger partial charge in [-0.15, -0.1) is 11.3 Å². The smallest absolute Gasteiger partial charge is 0.0503 e. The molecule has 27 heavy (non-hydrogen) atoms. The fourth-order valence-electron chi connectivity index (χ4n) is 5.18. The first kappa shape index (κ1) is 15.7. The molecule has 2 heteroatoms. The topological polar surface area (TPSA) is 4.93 Å². The van der Waals surface area contributed by atoms with Crippen molar-refractivity contribution >= 4 is 53.3 Å². The third kappa shape index (κ3) is 2.23. The van der Waals surface area contributed by atoms with E-state index in [9.17, 15) is 0 Å². The number of benzene rings is 3. The predicted molar refractivity (Wildman–Crippen MR) is 119 cm³/mol. The third-order valence-corrected chi connectivity index (χ3v) is 7.82. The molecular formula is C25H23NS. The van der Waals surface area contributed by atoms with Crippen molar-refractivity contribution in [2.24, 2.45) is 7.05 Å². The van der Waals surface area contributed by atoms with Crippen molar-refractivity contribution in [2.75, 3.05) is 0 Å². The molecule has 6 rings (SSSR count). The zero-order chi connectivity index (χ0) is 18.0. The Balaban J connectivity index is 1.67. The number of aryl methyl sites for hydroxylation is 1. The second kappa shape index (κ2) is 5.84. The lowest BCUT2D eigenvalue weighted by Gasteiger charge is -2.22. The van der Waals surface area contributed by atoms with Crippen molar-refractivity contribution in [3.8, 4) is 0 Å². The number of thiophene rings is 1. The van der Waals surface area contributed by atoms with Gasteiger partial charge in [0, 0.05) is 43.5 Å². The molecule has 2 aromatic heterocycles. The minimum absolute atomic E-state index is 0.763. The minimum atomic E-state index is 0.763. The second-order valence-electron chi connectivity index (χ2n) is 8.11. The lowest BCUT2D eigenvalue weighted by Crippen LogP contribution is -2.03. The first-order chi connectivity index (χ1) is 13.3. The molecule has 3 aromatic carbocycles. The van der Waals surface area contributed by atoms with Crippen LogP contribution in [0.5, 0.6) is 0 Å². The predicted octanol–water partition coefficient (Wildman–Crippen LogP) is 7.75. The summed E-state index contributed by atoms with van der Waals surface area (Å²) in [5, 5.41) is 5.68. The van der Waals surface area contributed by atoms with Gasteiger partial charge in [-0.3, -0.25) is 0 Å². The van der Waals surface area contributed by atoms with Crippen LogP contribution in [0.4, 0.5) is 0 Å². The van der Waals surface area contributed by atoms with E-state index in [1.54, 1.807) is 5.56 Å². The number of aromatic nitrogens is 1. The van der Waals surface area contributed by atoms with Gasteiger partial charge in [0.1, 0.15) is 0 Å². The maximum Gasteiger partial charge on any atom is 0.0503 e. The van der Waals surface area contributed by atoms with Crippen LogP contribution in [0.15, 0.2) is 54.6 Å². The van der Waals surface area contributed by atoms with E-state index in [2.05, 4.69) is 66.2 Å². The summed E-state index contributed by atoms with van der Waals surface area (Å²) in [4.78, 5) is 0. The second-order valence-corrected chi connectivity index (χ2v) is 9.16. The van der Waals surface area contributed by atoms with Crippen LogP contribution in [0.2, 0.25) is 0 Å². The average Bonchev–Trinajstić information content (AvgIpc) is 3.24. The Bertz CT molecular complexity index is 1310. The minimum Gasteiger partial charge on any atom is -0.344 e. The molecule has 1 aliphatic rings. The third-order valence-electron chi connectivity index (χ3n) is 6.61. The van der Waals surface area contributed by atoms with Crippen LogP contribution >= 0.6 is 11.3 Å². The monoisotopic (exact) mass is 369 g/mol. The molecule has 0 radical (unpaired) electrons. The number of fused-ring (bicyclic) bond motifs is 7. The zero-order valence-electron chi connectivity index (χ0n) is 15.7. The SMILES string of the molecule is Cn1c2ccccc2c2c3sc4ccc(C5CCCCC5)cc4c3ccc21. The Morgan fingerprint density at radius 3 is 2.56 bits per heavy atom. The highest BCUT2D eigenvalue weighted by atomic mass is 32.1. The number of para-hydroxylation sites is 1. The molecule has 1 aliphatic carbocycles. The maximum absolute atomic E-state index is 2.50. The van der Waals surface area contributed by atoms with Gasteiger partial charge in [-0.1, -0.05) is 49.6 Å². The van der Waals surface area contributed by atoms with Gasteiger partial charge < -0.3 is 4.57 Å². The van der Waals surface area contributed by atoms with Crippen molar-refractivity contribution in [1.82, 2.24) is 4.57 Å². The Kier molecular flexibility index (Phi) is 3.40. The molecule has 1 nitrogen and oxygen atoms in total. The lowest BCUT2D eigenvalue weighted by atomic mass is 9.84. The molecule has 5 aromatic rings. The van der Waals surface area contributed by atoms with Crippen molar-refractivity contribution in [3.05, 3.63) is 60.2 Å². The zero-order valence-corrected chi connectivity index (χ0v) is 16.5. The van der Waals surface area contributed by atoms with Gasteiger partial charge in [0.15, 0.2) is 0 Å². The largest absolute Gasteiger partial charge is 0.344 e. The van der Waals surface area contributed by atoms with Gasteiger partial charge in [-0.2, -0.15) is 0 Å². The number of rotatable bonds is 1. The lowest BCUT2D eigenvalue weighted by molar-refractivity contribution is 0.444. The fraction of sp³-hybridized carbons (Fsp3) is 0.280. The molecule has 0 N–H and O–H groups in total. The maximum atomic E-state index is 2.50. The van der Waals surface area contributed by atoms with E-state index >= 15 is 0 Å². The quantitative estimate of drug-likeness (QED) is 0.285. The summed E-state index contributed by atoms with van der Waals surface area (Å²) in [6.45, 7) is 0. The van der Waals surface area contributed by atoms with E-state index in [1.807, 2.05) is 11.3 Å². The van der Waals surface area contributed by atoms with E-state index in [4.69, 9.17) is 0 Å². The van der Waals surface area contributed by atoms with Crippen LogP contribution in [-0.4, -0.2) is 4.57 Å². The Morgan fingerprint density at radius 2 is 1.67 bits per heavy atom. The standard InChI is InChI=1S/C25H23NS/c1-26-21-10-6-5-9-19(21)24-22(26)13-12-18-20-15-17(16-7-3-2-4-8-16)11-14-23(20)27-25(18)24/h5-6,9-16H,2-4,7-8H2,1H3. The highest BCUT2D eigenvalue weighted by Gasteiger charge is 2.18. The van der Waals surface area contributed by atoms with E-state index < -0.39 is 0 Å². The first-order valence-electron chi connectivity index (χ1n) is 10.1. The van der Waals surface area contributed by atoms with Gasteiger partial charge in [0.2, 0.25) is 0 Å². The molecule has 134 valence electrons. The summed E-state index contributed by atoms with van der Waals surface area (Å²) in [5.74, 6) is 0.763. The van der Waals surface area contributed by atoms with Crippen LogP contribution in [0.3, 0.4) is 0 Å². The molecule has 1 saturated carbocycles. The highest BCUT2D eigenvalue weighted by molar-refractivity contribution is 7.26. The van der Waals surface area contributed by atoms with Crippen LogP contribution in [0.25, 0.3) is 42.0 Å². The molecular weight excluding hydrogens is 346 g/mol. The van der Waals surface area contributed by atoms with E-state index in [0.29, 0.717) is 0 Å². The Labute approximate surface area is 163 Å². The Hall–Kier alpha value is -2.32. The van der Waals surface area contributed by atoms with Crippen molar-refractivity contribution in [2.45, 2.75) is 38.0 Å². The van der Waals surface area contributed by atoms with Gasteiger partial charge in [0.05, 0.1) is 5.52 Å². The number of hydrogen-bond acceptors (Lipinski definition) is 1. The molecule has 0 atom stereocenters. The summed E-state index contributed by atoms with van der Waals surface area (Å²) in [6.07, 6.45) is 6.93. The average molecular weight is 370 g/mol. The van der Waals surface area contributed by atoms with Crippen molar-refractivity contribution in [3.63, 3.8) is 0 Å². The van der Waals surface area contributed by atoms with Crippen molar-refractivity contribution < 1.29 is 0 Å². The number of nitrogens with zero attached hydrogens (tertiary/aromatic N) is 1. The van der Waals surface area contributed by atoms with Crippen LogP contribution in [0, 0.1) is 0 Å². The van der Waals surface area contributed by atoms with E-state index in [1.165, 1.54) is 74.1 Å². The van der Waals surface area contributed by atoms with Crippen LogP contribution in [0.1, 0.15) is 43.6 Å². The molecule has 0 aliphatic heterocycles. The van der Waals surface area contributed by atoms with E-state index in [0.717, 1.165) is 5.92 Å². The molecule has 0 spiro atoms. The molecule has 0 amide bonds. The molecule has 0 bridgehead atoms. The molecule has 1 fully saturated rings. The fourth-order valence-corrected chi connectivity index (χ4v) is 6.42. The first-order valence-corrected chi connectivity index (χ1v) is 11.0. The van der Waals surface area contributed by atoms with Gasteiger partial charge in [-0.05, 0) is 48.6 Å². The molecule has 0 unspecified atom stereocenters. The summed E-state index contributed by atoms with van der Waals surface area (Å²) in [7, 11) is 2.19. The van der Waals surface area contributed by atoms with Gasteiger partial charge >= 0.3 is 0 Å². The summed E-state index contributed by atoms with van der Waals surface area (Å²) in [5.41, 5.74) is 4.21. The molecule has 0 saturated heterocycles. The Morgan fingerprint density at radius 1 is 0.815 bits per heavy atom. The van der Waals surface area contributed by atoms with Gasteiger partial charge in [0.25, 0.3) is 0 Å². The van der Waals surface area contributed by atoms with Crippen LogP contribution in [-0.2, 0) is 7.05 Å². The van der Waals surface area contributed by atoms with E-state index in [-0.39, 0.29) is 0 Å². The summed E-state index contributed by atoms with van der Waals surface area (Å²) in [6, 6.07) is 20.7. The van der Waals surface area contributed by atoms with Crippen molar-refractivity contribution in [1.29, 1.82) is 0 Å². The van der Waals surface area contributed by atoms with Crippen LogP contribution < -0.4 is 0 Å². The highest BCUT2D eigenvalue weighted by Crippen LogP contribution is 2.43.